The van der Waals surface area contributed by atoms with Crippen molar-refractivity contribution in [3.63, 3.8) is 0 Å². The molecule has 1 atom stereocenters. The number of amides is 1. The summed E-state index contributed by atoms with van der Waals surface area (Å²) in [4.78, 5) is 15.2. The summed E-state index contributed by atoms with van der Waals surface area (Å²) in [5.41, 5.74) is 0.878. The summed E-state index contributed by atoms with van der Waals surface area (Å²) in [5, 5.41) is 13.2. The van der Waals surface area contributed by atoms with Crippen molar-refractivity contribution in [2.75, 3.05) is 6.61 Å². The van der Waals surface area contributed by atoms with Crippen molar-refractivity contribution in [2.24, 2.45) is 0 Å². The van der Waals surface area contributed by atoms with Gasteiger partial charge in [-0.15, -0.1) is 0 Å². The zero-order chi connectivity index (χ0) is 13.2. The van der Waals surface area contributed by atoms with E-state index < -0.39 is 5.54 Å². The number of carbonyl (C=O) groups excluding carboxylic acids is 1. The van der Waals surface area contributed by atoms with Crippen LogP contribution in [0.3, 0.4) is 0 Å². The first-order valence-corrected chi connectivity index (χ1v) is 6.09. The van der Waals surface area contributed by atoms with Crippen molar-refractivity contribution in [3.8, 4) is 0 Å². The molecule has 0 aliphatic rings. The molecule has 2 rings (SSSR count). The van der Waals surface area contributed by atoms with Crippen molar-refractivity contribution < 1.29 is 9.90 Å². The quantitative estimate of drug-likeness (QED) is 0.773. The number of carbonyl (C=O) groups is 1. The second-order valence-corrected chi connectivity index (χ2v) is 4.80. The first kappa shape index (κ1) is 12.6. The SMILES string of the molecule is CCC(C)(CO)NC(=O)c1cc2ccccc2[nH]1. The molecule has 3 N–H and O–H groups in total. The smallest absolute Gasteiger partial charge is 0.268 e. The number of rotatable bonds is 4. The summed E-state index contributed by atoms with van der Waals surface area (Å²) in [5.74, 6) is -0.190. The van der Waals surface area contributed by atoms with E-state index in [9.17, 15) is 9.90 Å². The Morgan fingerprint density at radius 2 is 2.17 bits per heavy atom. The van der Waals surface area contributed by atoms with Gasteiger partial charge in [-0.25, -0.2) is 0 Å². The molecule has 2 aromatic rings. The zero-order valence-corrected chi connectivity index (χ0v) is 10.7. The van der Waals surface area contributed by atoms with E-state index in [0.29, 0.717) is 12.1 Å². The number of aliphatic hydroxyl groups excluding tert-OH is 1. The van der Waals surface area contributed by atoms with E-state index in [4.69, 9.17) is 0 Å². The molecule has 0 fully saturated rings. The van der Waals surface area contributed by atoms with Crippen LogP contribution in [0.2, 0.25) is 0 Å². The maximum absolute atomic E-state index is 12.1. The highest BCUT2D eigenvalue weighted by molar-refractivity contribution is 5.98. The molecule has 1 aromatic heterocycles. The predicted molar refractivity (Wildman–Crippen MR) is 71.5 cm³/mol. The Morgan fingerprint density at radius 1 is 1.44 bits per heavy atom. The van der Waals surface area contributed by atoms with E-state index in [1.807, 2.05) is 44.2 Å². The molecule has 1 amide bonds. The van der Waals surface area contributed by atoms with Gasteiger partial charge in [0.25, 0.3) is 5.91 Å². The first-order chi connectivity index (χ1) is 8.58. The fourth-order valence-electron chi connectivity index (χ4n) is 1.78. The van der Waals surface area contributed by atoms with Gasteiger partial charge in [-0.05, 0) is 25.5 Å². The lowest BCUT2D eigenvalue weighted by atomic mass is 10.0. The maximum atomic E-state index is 12.1. The summed E-state index contributed by atoms with van der Waals surface area (Å²) in [6.07, 6.45) is 0.676. The van der Waals surface area contributed by atoms with Crippen molar-refractivity contribution in [1.29, 1.82) is 0 Å². The van der Waals surface area contributed by atoms with Gasteiger partial charge in [0.05, 0.1) is 12.1 Å². The number of aromatic nitrogens is 1. The fourth-order valence-corrected chi connectivity index (χ4v) is 1.78. The number of H-pyrrole nitrogens is 1. The van der Waals surface area contributed by atoms with Crippen molar-refractivity contribution >= 4 is 16.8 Å². The van der Waals surface area contributed by atoms with Crippen molar-refractivity contribution in [2.45, 2.75) is 25.8 Å². The Morgan fingerprint density at radius 3 is 2.78 bits per heavy atom. The number of nitrogens with one attached hydrogen (secondary N) is 2. The van der Waals surface area contributed by atoms with Gasteiger partial charge < -0.3 is 15.4 Å². The van der Waals surface area contributed by atoms with Crippen LogP contribution in [0.5, 0.6) is 0 Å². The van der Waals surface area contributed by atoms with E-state index in [0.717, 1.165) is 10.9 Å². The van der Waals surface area contributed by atoms with Crippen molar-refractivity contribution in [3.05, 3.63) is 36.0 Å². The number of para-hydroxylation sites is 1. The molecule has 4 nitrogen and oxygen atoms in total. The number of hydrogen-bond acceptors (Lipinski definition) is 2. The topological polar surface area (TPSA) is 65.1 Å². The van der Waals surface area contributed by atoms with Crippen LogP contribution in [0, 0.1) is 0 Å². The highest BCUT2D eigenvalue weighted by atomic mass is 16.3. The monoisotopic (exact) mass is 246 g/mol. The van der Waals surface area contributed by atoms with Gasteiger partial charge in [0.15, 0.2) is 0 Å². The van der Waals surface area contributed by atoms with E-state index >= 15 is 0 Å². The van der Waals surface area contributed by atoms with Crippen LogP contribution in [0.15, 0.2) is 30.3 Å². The molecule has 0 spiro atoms. The van der Waals surface area contributed by atoms with Crippen LogP contribution in [0.25, 0.3) is 10.9 Å². The van der Waals surface area contributed by atoms with Crippen LogP contribution in [-0.4, -0.2) is 28.1 Å². The highest BCUT2D eigenvalue weighted by Gasteiger charge is 2.24. The average Bonchev–Trinajstić information content (AvgIpc) is 2.82. The molecule has 96 valence electrons. The summed E-state index contributed by atoms with van der Waals surface area (Å²) < 4.78 is 0. The Bertz CT molecular complexity index is 523. The fraction of sp³-hybridized carbons (Fsp3) is 0.357. The molecule has 18 heavy (non-hydrogen) atoms. The van der Waals surface area contributed by atoms with Crippen LogP contribution in [0.4, 0.5) is 0 Å². The molecule has 1 unspecified atom stereocenters. The summed E-state index contributed by atoms with van der Waals surface area (Å²) in [6, 6.07) is 9.55. The standard InChI is InChI=1S/C14H18N2O2/c1-3-14(2,9-17)16-13(18)12-8-10-6-4-5-7-11(10)15-12/h4-8,15,17H,3,9H2,1-2H3,(H,16,18). The third kappa shape index (κ3) is 2.38. The molecular formula is C14H18N2O2. The molecule has 0 bridgehead atoms. The highest BCUT2D eigenvalue weighted by Crippen LogP contribution is 2.16. The molecule has 0 radical (unpaired) electrons. The van der Waals surface area contributed by atoms with Crippen LogP contribution >= 0.6 is 0 Å². The molecule has 1 heterocycles. The molecule has 0 aliphatic heterocycles. The van der Waals surface area contributed by atoms with Gasteiger partial charge in [-0.2, -0.15) is 0 Å². The van der Waals surface area contributed by atoms with Gasteiger partial charge in [-0.3, -0.25) is 4.79 Å². The minimum atomic E-state index is -0.575. The zero-order valence-electron chi connectivity index (χ0n) is 10.7. The van der Waals surface area contributed by atoms with E-state index in [1.54, 1.807) is 0 Å². The Labute approximate surface area is 106 Å². The lowest BCUT2D eigenvalue weighted by molar-refractivity contribution is 0.0843. The molecule has 1 aromatic carbocycles. The third-order valence-electron chi connectivity index (χ3n) is 3.32. The van der Waals surface area contributed by atoms with E-state index in [1.165, 1.54) is 0 Å². The van der Waals surface area contributed by atoms with Crippen LogP contribution in [0.1, 0.15) is 30.8 Å². The lowest BCUT2D eigenvalue weighted by Crippen LogP contribution is -2.48. The summed E-state index contributed by atoms with van der Waals surface area (Å²) >= 11 is 0. The second-order valence-electron chi connectivity index (χ2n) is 4.80. The van der Waals surface area contributed by atoms with Gasteiger partial charge in [0.1, 0.15) is 5.69 Å². The molecule has 0 saturated carbocycles. The van der Waals surface area contributed by atoms with Crippen LogP contribution < -0.4 is 5.32 Å². The van der Waals surface area contributed by atoms with Gasteiger partial charge in [-0.1, -0.05) is 25.1 Å². The normalized spacial score (nSPS) is 14.4. The summed E-state index contributed by atoms with van der Waals surface area (Å²) in [6.45, 7) is 3.69. The number of aromatic amines is 1. The van der Waals surface area contributed by atoms with Gasteiger partial charge >= 0.3 is 0 Å². The number of aliphatic hydroxyl groups is 1. The number of fused-ring (bicyclic) bond motifs is 1. The molecular weight excluding hydrogens is 228 g/mol. The molecule has 0 aliphatic carbocycles. The Kier molecular flexibility index (Phi) is 3.39. The van der Waals surface area contributed by atoms with Crippen molar-refractivity contribution in [1.82, 2.24) is 10.3 Å². The first-order valence-electron chi connectivity index (χ1n) is 6.09. The van der Waals surface area contributed by atoms with E-state index in [-0.39, 0.29) is 12.5 Å². The Hall–Kier alpha value is -1.81. The predicted octanol–water partition coefficient (Wildman–Crippen LogP) is 2.06. The lowest BCUT2D eigenvalue weighted by Gasteiger charge is -2.26. The number of hydrogen-bond donors (Lipinski definition) is 3. The minimum Gasteiger partial charge on any atom is -0.394 e. The second kappa shape index (κ2) is 4.82. The van der Waals surface area contributed by atoms with Crippen LogP contribution in [-0.2, 0) is 0 Å². The minimum absolute atomic E-state index is 0.0739. The average molecular weight is 246 g/mol. The van der Waals surface area contributed by atoms with E-state index in [2.05, 4.69) is 10.3 Å². The van der Waals surface area contributed by atoms with Gasteiger partial charge in [0.2, 0.25) is 0 Å². The third-order valence-corrected chi connectivity index (χ3v) is 3.32. The summed E-state index contributed by atoms with van der Waals surface area (Å²) in [7, 11) is 0. The van der Waals surface area contributed by atoms with Gasteiger partial charge in [0, 0.05) is 10.9 Å². The largest absolute Gasteiger partial charge is 0.394 e. The molecule has 0 saturated heterocycles. The number of benzene rings is 1. The Balaban J connectivity index is 2.23. The molecule has 4 heteroatoms. The maximum Gasteiger partial charge on any atom is 0.268 e.